The van der Waals surface area contributed by atoms with Crippen molar-refractivity contribution in [1.29, 1.82) is 0 Å². The van der Waals surface area contributed by atoms with Gasteiger partial charge in [-0.05, 0) is 49.6 Å². The van der Waals surface area contributed by atoms with Gasteiger partial charge in [0.2, 0.25) is 0 Å². The molecule has 0 aromatic heterocycles. The number of piperidine rings is 1. The number of carbonyl (C=O) groups is 2. The number of hydrogen-bond donors (Lipinski definition) is 0. The number of benzene rings is 2. The minimum atomic E-state index is -0.524. The highest BCUT2D eigenvalue weighted by molar-refractivity contribution is 5.91. The maximum absolute atomic E-state index is 12.2. The molecule has 1 amide bonds. The quantitative estimate of drug-likeness (QED) is 0.780. The highest BCUT2D eigenvalue weighted by Crippen LogP contribution is 2.22. The molecule has 2 aromatic rings. The molecule has 0 N–H and O–H groups in total. The van der Waals surface area contributed by atoms with Gasteiger partial charge in [0.15, 0.2) is 6.61 Å². The van der Waals surface area contributed by atoms with E-state index in [0.717, 1.165) is 32.4 Å². The first kappa shape index (κ1) is 17.0. The Morgan fingerprint density at radius 1 is 0.880 bits per heavy atom. The monoisotopic (exact) mass is 339 g/mol. The zero-order valence-corrected chi connectivity index (χ0v) is 14.0. The average molecular weight is 339 g/mol. The number of likely N-dealkylation sites (tertiary alicyclic amines) is 1. The van der Waals surface area contributed by atoms with Crippen LogP contribution in [0.5, 0.6) is 11.5 Å². The summed E-state index contributed by atoms with van der Waals surface area (Å²) >= 11 is 0. The molecule has 3 rings (SSSR count). The molecule has 5 nitrogen and oxygen atoms in total. The number of hydrogen-bond acceptors (Lipinski definition) is 4. The summed E-state index contributed by atoms with van der Waals surface area (Å²) in [5, 5.41) is 0. The van der Waals surface area contributed by atoms with Crippen molar-refractivity contribution in [3.63, 3.8) is 0 Å². The second-order valence-electron chi connectivity index (χ2n) is 5.96. The lowest BCUT2D eigenvalue weighted by molar-refractivity contribution is -0.135. The van der Waals surface area contributed by atoms with Crippen LogP contribution in [0.1, 0.15) is 29.6 Å². The first-order valence-corrected chi connectivity index (χ1v) is 8.50. The molecule has 0 bridgehead atoms. The van der Waals surface area contributed by atoms with Gasteiger partial charge >= 0.3 is 5.97 Å². The molecule has 2 aromatic carbocycles. The lowest BCUT2D eigenvalue weighted by Gasteiger charge is -2.26. The van der Waals surface area contributed by atoms with Crippen LogP contribution in [0, 0.1) is 0 Å². The Morgan fingerprint density at radius 3 is 2.36 bits per heavy atom. The third-order valence-corrected chi connectivity index (χ3v) is 4.08. The lowest BCUT2D eigenvalue weighted by atomic mass is 10.1. The number of esters is 1. The smallest absolute Gasteiger partial charge is 0.338 e. The molecule has 1 heterocycles. The molecule has 0 aliphatic carbocycles. The van der Waals surface area contributed by atoms with E-state index in [4.69, 9.17) is 9.47 Å². The molecule has 0 radical (unpaired) electrons. The minimum absolute atomic E-state index is 0.134. The van der Waals surface area contributed by atoms with Crippen molar-refractivity contribution in [2.75, 3.05) is 19.7 Å². The van der Waals surface area contributed by atoms with Crippen LogP contribution >= 0.6 is 0 Å². The van der Waals surface area contributed by atoms with E-state index in [0.29, 0.717) is 17.1 Å². The van der Waals surface area contributed by atoms with E-state index >= 15 is 0 Å². The van der Waals surface area contributed by atoms with Gasteiger partial charge in [-0.2, -0.15) is 0 Å². The largest absolute Gasteiger partial charge is 0.457 e. The Kier molecular flexibility index (Phi) is 5.67. The Morgan fingerprint density at radius 2 is 1.60 bits per heavy atom. The topological polar surface area (TPSA) is 55.8 Å². The van der Waals surface area contributed by atoms with Crippen LogP contribution in [0.4, 0.5) is 0 Å². The standard InChI is InChI=1S/C20H21NO4/c22-19(21-12-5-2-6-13-21)15-24-20(23)16-8-7-11-18(14-16)25-17-9-3-1-4-10-17/h1,3-4,7-11,14H,2,5-6,12-13,15H2. The van der Waals surface area contributed by atoms with Crippen molar-refractivity contribution < 1.29 is 19.1 Å². The van der Waals surface area contributed by atoms with Gasteiger partial charge in [-0.3, -0.25) is 4.79 Å². The zero-order chi connectivity index (χ0) is 17.5. The molecule has 0 atom stereocenters. The van der Waals surface area contributed by atoms with Crippen molar-refractivity contribution >= 4 is 11.9 Å². The predicted octanol–water partition coefficient (Wildman–Crippen LogP) is 3.65. The number of rotatable bonds is 5. The SMILES string of the molecule is O=C(OCC(=O)N1CCCCC1)c1cccc(Oc2ccccc2)c1. The third kappa shape index (κ3) is 4.83. The van der Waals surface area contributed by atoms with Crippen LogP contribution in [-0.2, 0) is 9.53 Å². The van der Waals surface area contributed by atoms with Crippen LogP contribution in [0.2, 0.25) is 0 Å². The molecule has 1 saturated heterocycles. The fourth-order valence-electron chi connectivity index (χ4n) is 2.76. The van der Waals surface area contributed by atoms with Gasteiger partial charge in [0.1, 0.15) is 11.5 Å². The highest BCUT2D eigenvalue weighted by atomic mass is 16.5. The summed E-state index contributed by atoms with van der Waals surface area (Å²) in [5.41, 5.74) is 0.361. The van der Waals surface area contributed by atoms with Crippen molar-refractivity contribution in [1.82, 2.24) is 4.90 Å². The Balaban J connectivity index is 1.56. The van der Waals surface area contributed by atoms with E-state index in [-0.39, 0.29) is 12.5 Å². The molecule has 5 heteroatoms. The van der Waals surface area contributed by atoms with Crippen LogP contribution in [0.25, 0.3) is 0 Å². The summed E-state index contributed by atoms with van der Waals surface area (Å²) in [6, 6.07) is 16.1. The molecule has 1 fully saturated rings. The van der Waals surface area contributed by atoms with Crippen LogP contribution in [-0.4, -0.2) is 36.5 Å². The van der Waals surface area contributed by atoms with Crippen molar-refractivity contribution in [2.45, 2.75) is 19.3 Å². The number of nitrogens with zero attached hydrogens (tertiary/aromatic N) is 1. The van der Waals surface area contributed by atoms with Gasteiger partial charge in [-0.1, -0.05) is 24.3 Å². The fourth-order valence-corrected chi connectivity index (χ4v) is 2.76. The molecular formula is C20H21NO4. The van der Waals surface area contributed by atoms with Crippen molar-refractivity contribution in [2.24, 2.45) is 0 Å². The van der Waals surface area contributed by atoms with E-state index in [1.165, 1.54) is 0 Å². The fraction of sp³-hybridized carbons (Fsp3) is 0.300. The maximum Gasteiger partial charge on any atom is 0.338 e. The highest BCUT2D eigenvalue weighted by Gasteiger charge is 2.18. The minimum Gasteiger partial charge on any atom is -0.457 e. The zero-order valence-electron chi connectivity index (χ0n) is 14.0. The van der Waals surface area contributed by atoms with E-state index in [2.05, 4.69) is 0 Å². The second kappa shape index (κ2) is 8.33. The van der Waals surface area contributed by atoms with E-state index in [1.54, 1.807) is 29.2 Å². The van der Waals surface area contributed by atoms with Crippen LogP contribution in [0.15, 0.2) is 54.6 Å². The molecule has 0 spiro atoms. The van der Waals surface area contributed by atoms with Crippen molar-refractivity contribution in [3.8, 4) is 11.5 Å². The predicted molar refractivity (Wildman–Crippen MR) is 93.7 cm³/mol. The molecule has 0 unspecified atom stereocenters. The summed E-state index contributed by atoms with van der Waals surface area (Å²) in [6.07, 6.45) is 3.18. The molecule has 0 saturated carbocycles. The number of carbonyl (C=O) groups excluding carboxylic acids is 2. The van der Waals surface area contributed by atoms with E-state index in [1.807, 2.05) is 30.3 Å². The van der Waals surface area contributed by atoms with E-state index < -0.39 is 5.97 Å². The van der Waals surface area contributed by atoms with Gasteiger partial charge in [0.05, 0.1) is 5.56 Å². The molecule has 1 aliphatic rings. The third-order valence-electron chi connectivity index (χ3n) is 4.08. The van der Waals surface area contributed by atoms with Gasteiger partial charge < -0.3 is 14.4 Å². The Labute approximate surface area is 147 Å². The van der Waals surface area contributed by atoms with Gasteiger partial charge in [0, 0.05) is 13.1 Å². The summed E-state index contributed by atoms with van der Waals surface area (Å²) in [4.78, 5) is 26.0. The number of para-hydroxylation sites is 1. The van der Waals surface area contributed by atoms with Crippen LogP contribution < -0.4 is 4.74 Å². The van der Waals surface area contributed by atoms with E-state index in [9.17, 15) is 9.59 Å². The summed E-state index contributed by atoms with van der Waals surface area (Å²) in [6.45, 7) is 1.27. The van der Waals surface area contributed by atoms with Gasteiger partial charge in [-0.25, -0.2) is 4.79 Å². The number of ether oxygens (including phenoxy) is 2. The molecule has 25 heavy (non-hydrogen) atoms. The second-order valence-corrected chi connectivity index (χ2v) is 5.96. The van der Waals surface area contributed by atoms with Gasteiger partial charge in [-0.15, -0.1) is 0 Å². The summed E-state index contributed by atoms with van der Waals surface area (Å²) < 4.78 is 10.9. The Hall–Kier alpha value is -2.82. The van der Waals surface area contributed by atoms with Gasteiger partial charge in [0.25, 0.3) is 5.91 Å². The van der Waals surface area contributed by atoms with Crippen LogP contribution in [0.3, 0.4) is 0 Å². The number of amides is 1. The lowest BCUT2D eigenvalue weighted by Crippen LogP contribution is -2.38. The van der Waals surface area contributed by atoms with Crippen molar-refractivity contribution in [3.05, 3.63) is 60.2 Å². The Bertz CT molecular complexity index is 723. The average Bonchev–Trinajstić information content (AvgIpc) is 2.67. The maximum atomic E-state index is 12.2. The molecule has 1 aliphatic heterocycles. The molecule has 130 valence electrons. The first-order chi connectivity index (χ1) is 12.2. The normalized spacial score (nSPS) is 14.0. The first-order valence-electron chi connectivity index (χ1n) is 8.50. The molecular weight excluding hydrogens is 318 g/mol. The summed E-state index contributed by atoms with van der Waals surface area (Å²) in [7, 11) is 0. The summed E-state index contributed by atoms with van der Waals surface area (Å²) in [5.74, 6) is 0.574.